The van der Waals surface area contributed by atoms with Gasteiger partial charge in [0, 0.05) is 30.2 Å². The molecular weight excluding hydrogens is 270 g/mol. The molecule has 0 unspecified atom stereocenters. The van der Waals surface area contributed by atoms with Gasteiger partial charge in [0.15, 0.2) is 0 Å². The number of aromatic nitrogens is 2. The number of rotatable bonds is 2. The van der Waals surface area contributed by atoms with Crippen molar-refractivity contribution in [3.63, 3.8) is 0 Å². The van der Waals surface area contributed by atoms with Gasteiger partial charge in [0.05, 0.1) is 5.39 Å². The number of anilines is 1. The molecule has 0 amide bonds. The Bertz CT molecular complexity index is 815. The van der Waals surface area contributed by atoms with Gasteiger partial charge in [-0.2, -0.15) is 0 Å². The molecule has 0 aliphatic heterocycles. The number of hydrogen-bond acceptors (Lipinski definition) is 4. The van der Waals surface area contributed by atoms with Gasteiger partial charge in [0.2, 0.25) is 0 Å². The summed E-state index contributed by atoms with van der Waals surface area (Å²) in [5.41, 5.74) is 1.95. The van der Waals surface area contributed by atoms with Crippen molar-refractivity contribution in [2.24, 2.45) is 0 Å². The molecule has 0 aliphatic carbocycles. The molecule has 0 fully saturated rings. The van der Waals surface area contributed by atoms with E-state index in [1.807, 2.05) is 56.3 Å². The molecule has 20 heavy (non-hydrogen) atoms. The van der Waals surface area contributed by atoms with Crippen LogP contribution < -0.4 is 10.5 Å². The van der Waals surface area contributed by atoms with Crippen molar-refractivity contribution in [2.75, 3.05) is 19.0 Å². The molecule has 102 valence electrons. The van der Waals surface area contributed by atoms with Gasteiger partial charge in [-0.3, -0.25) is 4.79 Å². The van der Waals surface area contributed by atoms with E-state index in [9.17, 15) is 4.79 Å². The summed E-state index contributed by atoms with van der Waals surface area (Å²) in [7, 11) is 3.99. The van der Waals surface area contributed by atoms with Crippen molar-refractivity contribution in [1.29, 1.82) is 0 Å². The summed E-state index contributed by atoms with van der Waals surface area (Å²) in [6.45, 7) is 1.98. The average molecular weight is 285 g/mol. The molecule has 3 aromatic rings. The monoisotopic (exact) mass is 285 g/mol. The Morgan fingerprint density at radius 3 is 2.55 bits per heavy atom. The van der Waals surface area contributed by atoms with Crippen molar-refractivity contribution in [2.45, 2.75) is 6.92 Å². The topological polar surface area (TPSA) is 49.0 Å². The molecule has 0 atom stereocenters. The van der Waals surface area contributed by atoms with Gasteiger partial charge in [-0.15, -0.1) is 11.3 Å². The first-order valence-corrected chi connectivity index (χ1v) is 7.14. The summed E-state index contributed by atoms with van der Waals surface area (Å²) >= 11 is 1.54. The molecule has 1 N–H and O–H groups in total. The molecule has 0 saturated carbocycles. The third kappa shape index (κ3) is 2.20. The van der Waals surface area contributed by atoms with Crippen molar-refractivity contribution in [3.05, 3.63) is 45.6 Å². The van der Waals surface area contributed by atoms with Gasteiger partial charge in [0.1, 0.15) is 10.7 Å². The molecule has 5 heteroatoms. The van der Waals surface area contributed by atoms with E-state index in [2.05, 4.69) is 9.97 Å². The number of hydrogen-bond donors (Lipinski definition) is 1. The van der Waals surface area contributed by atoms with Gasteiger partial charge >= 0.3 is 0 Å². The van der Waals surface area contributed by atoms with Crippen LogP contribution in [0, 0.1) is 6.92 Å². The molecule has 1 aromatic carbocycles. The first kappa shape index (κ1) is 12.9. The SMILES string of the molecule is Cc1cc2c(=O)[nH]c(-c3ccc(N(C)C)cc3)nc2s1. The Morgan fingerprint density at radius 2 is 1.90 bits per heavy atom. The minimum Gasteiger partial charge on any atom is -0.378 e. The molecule has 4 nitrogen and oxygen atoms in total. The Hall–Kier alpha value is -2.14. The number of nitrogens with zero attached hydrogens (tertiary/aromatic N) is 2. The van der Waals surface area contributed by atoms with E-state index >= 15 is 0 Å². The fourth-order valence-corrected chi connectivity index (χ4v) is 2.99. The van der Waals surface area contributed by atoms with Crippen molar-refractivity contribution in [1.82, 2.24) is 9.97 Å². The fraction of sp³-hybridized carbons (Fsp3) is 0.200. The smallest absolute Gasteiger partial charge is 0.259 e. The quantitative estimate of drug-likeness (QED) is 0.787. The van der Waals surface area contributed by atoms with Gasteiger partial charge in [0.25, 0.3) is 5.56 Å². The molecule has 0 bridgehead atoms. The molecule has 2 aromatic heterocycles. The van der Waals surface area contributed by atoms with Crippen LogP contribution in [-0.2, 0) is 0 Å². The fourth-order valence-electron chi connectivity index (χ4n) is 2.11. The number of aromatic amines is 1. The van der Waals surface area contributed by atoms with Crippen LogP contribution in [0.3, 0.4) is 0 Å². The minimum atomic E-state index is -0.0777. The molecule has 0 spiro atoms. The number of aryl methyl sites for hydroxylation is 1. The van der Waals surface area contributed by atoms with Gasteiger partial charge < -0.3 is 9.88 Å². The van der Waals surface area contributed by atoms with E-state index < -0.39 is 0 Å². The summed E-state index contributed by atoms with van der Waals surface area (Å²) in [6.07, 6.45) is 0. The van der Waals surface area contributed by atoms with Gasteiger partial charge in [-0.25, -0.2) is 4.98 Å². The summed E-state index contributed by atoms with van der Waals surface area (Å²) in [4.78, 5) is 23.4. The molecule has 0 saturated heterocycles. The highest BCUT2D eigenvalue weighted by molar-refractivity contribution is 7.18. The van der Waals surface area contributed by atoms with Gasteiger partial charge in [-0.1, -0.05) is 0 Å². The molecular formula is C15H15N3OS. The first-order valence-electron chi connectivity index (χ1n) is 6.33. The number of fused-ring (bicyclic) bond motifs is 1. The Kier molecular flexibility index (Phi) is 3.06. The number of benzene rings is 1. The normalized spacial score (nSPS) is 10.9. The minimum absolute atomic E-state index is 0.0777. The molecule has 2 heterocycles. The lowest BCUT2D eigenvalue weighted by Gasteiger charge is -2.12. The Labute approximate surface area is 120 Å². The first-order chi connectivity index (χ1) is 9.54. The third-order valence-corrected chi connectivity index (χ3v) is 4.13. The van der Waals surface area contributed by atoms with E-state index in [0.717, 1.165) is 21.0 Å². The largest absolute Gasteiger partial charge is 0.378 e. The highest BCUT2D eigenvalue weighted by Gasteiger charge is 2.08. The highest BCUT2D eigenvalue weighted by atomic mass is 32.1. The van der Waals surface area contributed by atoms with Crippen LogP contribution in [0.1, 0.15) is 4.88 Å². The maximum atomic E-state index is 12.1. The van der Waals surface area contributed by atoms with Crippen LogP contribution in [0.25, 0.3) is 21.6 Å². The van der Waals surface area contributed by atoms with Crippen molar-refractivity contribution in [3.8, 4) is 11.4 Å². The van der Waals surface area contributed by atoms with Crippen LogP contribution in [0.4, 0.5) is 5.69 Å². The maximum absolute atomic E-state index is 12.1. The summed E-state index contributed by atoms with van der Waals surface area (Å²) in [5, 5.41) is 0.668. The highest BCUT2D eigenvalue weighted by Crippen LogP contribution is 2.24. The zero-order chi connectivity index (χ0) is 14.3. The lowest BCUT2D eigenvalue weighted by Crippen LogP contribution is -2.09. The van der Waals surface area contributed by atoms with E-state index in [1.54, 1.807) is 11.3 Å². The predicted molar refractivity (Wildman–Crippen MR) is 84.7 cm³/mol. The van der Waals surface area contributed by atoms with E-state index in [-0.39, 0.29) is 5.56 Å². The Balaban J connectivity index is 2.11. The average Bonchev–Trinajstić information content (AvgIpc) is 2.80. The third-order valence-electron chi connectivity index (χ3n) is 3.18. The predicted octanol–water partition coefficient (Wildman–Crippen LogP) is 3.03. The lowest BCUT2D eigenvalue weighted by atomic mass is 10.2. The zero-order valence-corrected chi connectivity index (χ0v) is 12.4. The van der Waals surface area contributed by atoms with Crippen molar-refractivity contribution < 1.29 is 0 Å². The molecule has 0 radical (unpaired) electrons. The van der Waals surface area contributed by atoms with E-state index in [0.29, 0.717) is 11.2 Å². The van der Waals surface area contributed by atoms with Crippen LogP contribution in [0.2, 0.25) is 0 Å². The summed E-state index contributed by atoms with van der Waals surface area (Å²) < 4.78 is 0. The standard InChI is InChI=1S/C15H15N3OS/c1-9-8-12-14(19)16-13(17-15(12)20-9)10-4-6-11(7-5-10)18(2)3/h4-8H,1-3H3,(H,16,17,19). The van der Waals surface area contributed by atoms with E-state index in [4.69, 9.17) is 0 Å². The van der Waals surface area contributed by atoms with Gasteiger partial charge in [-0.05, 0) is 37.3 Å². The molecule has 0 aliphatic rings. The molecule has 3 rings (SSSR count). The summed E-state index contributed by atoms with van der Waals surface area (Å²) in [6, 6.07) is 9.85. The van der Waals surface area contributed by atoms with Crippen LogP contribution >= 0.6 is 11.3 Å². The van der Waals surface area contributed by atoms with Crippen LogP contribution in [-0.4, -0.2) is 24.1 Å². The second kappa shape index (κ2) is 4.76. The Morgan fingerprint density at radius 1 is 1.20 bits per heavy atom. The van der Waals surface area contributed by atoms with Crippen LogP contribution in [0.15, 0.2) is 35.1 Å². The zero-order valence-electron chi connectivity index (χ0n) is 11.6. The lowest BCUT2D eigenvalue weighted by molar-refractivity contribution is 1.13. The van der Waals surface area contributed by atoms with E-state index in [1.165, 1.54) is 0 Å². The second-order valence-electron chi connectivity index (χ2n) is 4.93. The summed E-state index contributed by atoms with van der Waals surface area (Å²) in [5.74, 6) is 0.620. The number of H-pyrrole nitrogens is 1. The maximum Gasteiger partial charge on any atom is 0.259 e. The van der Waals surface area contributed by atoms with Crippen molar-refractivity contribution >= 4 is 27.2 Å². The van der Waals surface area contributed by atoms with Crippen LogP contribution in [0.5, 0.6) is 0 Å². The number of thiophene rings is 1. The second-order valence-corrected chi connectivity index (χ2v) is 6.17. The number of nitrogens with one attached hydrogen (secondary N) is 1.